The molecule has 8 nitrogen and oxygen atoms in total. The van der Waals surface area contributed by atoms with Crippen molar-refractivity contribution in [2.24, 2.45) is 0 Å². The highest BCUT2D eigenvalue weighted by Crippen LogP contribution is 2.30. The van der Waals surface area contributed by atoms with Gasteiger partial charge in [0.15, 0.2) is 22.5 Å². The molecular formula is C23H30Cl2N6O2. The third-order valence-corrected chi connectivity index (χ3v) is 7.22. The highest BCUT2D eigenvalue weighted by molar-refractivity contribution is 6.32. The number of aromatic nitrogens is 2. The summed E-state index contributed by atoms with van der Waals surface area (Å²) in [5.74, 6) is -0.868. The number of halogens is 2. The number of hydrogen-bond acceptors (Lipinski definition) is 7. The number of hydrogen-bond donors (Lipinski definition) is 2. The van der Waals surface area contributed by atoms with Crippen LogP contribution >= 0.6 is 23.2 Å². The van der Waals surface area contributed by atoms with Crippen LogP contribution in [0, 0.1) is 0 Å². The molecule has 3 N–H and O–H groups in total. The third-order valence-electron chi connectivity index (χ3n) is 6.71. The molecule has 2 fully saturated rings. The van der Waals surface area contributed by atoms with Gasteiger partial charge in [-0.1, -0.05) is 42.3 Å². The Morgan fingerprint density at radius 3 is 2.45 bits per heavy atom. The van der Waals surface area contributed by atoms with Crippen LogP contribution in [0.3, 0.4) is 0 Å². The fraction of sp³-hybridized carbons (Fsp3) is 0.522. The van der Waals surface area contributed by atoms with E-state index in [4.69, 9.17) is 28.9 Å². The average Bonchev–Trinajstić information content (AvgIpc) is 2.82. The number of rotatable bonds is 6. The van der Waals surface area contributed by atoms with Crippen LogP contribution in [-0.4, -0.2) is 75.7 Å². The molecule has 3 heterocycles. The summed E-state index contributed by atoms with van der Waals surface area (Å²) in [4.78, 5) is 26.7. The molecule has 1 atom stereocenters. The maximum absolute atomic E-state index is 11.2. The van der Waals surface area contributed by atoms with Crippen molar-refractivity contribution in [1.29, 1.82) is 0 Å². The first-order valence-corrected chi connectivity index (χ1v) is 12.1. The van der Waals surface area contributed by atoms with Gasteiger partial charge in [-0.2, -0.15) is 0 Å². The van der Waals surface area contributed by atoms with E-state index in [1.54, 1.807) is 0 Å². The van der Waals surface area contributed by atoms with Crippen molar-refractivity contribution in [3.05, 3.63) is 45.7 Å². The molecule has 0 aliphatic carbocycles. The molecule has 2 saturated heterocycles. The van der Waals surface area contributed by atoms with Crippen LogP contribution in [0.2, 0.25) is 10.2 Å². The van der Waals surface area contributed by atoms with E-state index < -0.39 is 5.97 Å². The molecule has 178 valence electrons. The van der Waals surface area contributed by atoms with Crippen LogP contribution in [0.5, 0.6) is 0 Å². The summed E-state index contributed by atoms with van der Waals surface area (Å²) < 4.78 is 0. The first-order chi connectivity index (χ1) is 15.9. The zero-order valence-electron chi connectivity index (χ0n) is 18.8. The van der Waals surface area contributed by atoms with Gasteiger partial charge in [0.2, 0.25) is 0 Å². The average molecular weight is 493 g/mol. The van der Waals surface area contributed by atoms with Crippen molar-refractivity contribution in [2.45, 2.75) is 44.8 Å². The lowest BCUT2D eigenvalue weighted by atomic mass is 9.98. The number of benzene rings is 1. The minimum atomic E-state index is -1.23. The minimum Gasteiger partial charge on any atom is -0.476 e. The topological polar surface area (TPSA) is 98.8 Å². The second-order valence-corrected chi connectivity index (χ2v) is 9.55. The minimum absolute atomic E-state index is 0.0837. The number of aromatic carboxylic acids is 1. The number of likely N-dealkylation sites (tertiary alicyclic amines) is 1. The number of nitrogens with zero attached hydrogens (tertiary/aromatic N) is 5. The summed E-state index contributed by atoms with van der Waals surface area (Å²) in [7, 11) is 0. The molecular weight excluding hydrogens is 463 g/mol. The summed E-state index contributed by atoms with van der Waals surface area (Å²) in [6.45, 7) is 7.73. The Kier molecular flexibility index (Phi) is 7.58. The zero-order chi connectivity index (χ0) is 23.5. The second kappa shape index (κ2) is 10.4. The van der Waals surface area contributed by atoms with Gasteiger partial charge in [-0.3, -0.25) is 9.80 Å². The van der Waals surface area contributed by atoms with E-state index in [2.05, 4.69) is 43.7 Å². The molecule has 33 heavy (non-hydrogen) atoms. The fourth-order valence-corrected chi connectivity index (χ4v) is 5.31. The van der Waals surface area contributed by atoms with Crippen LogP contribution in [-0.2, 0) is 6.54 Å². The number of anilines is 2. The lowest BCUT2D eigenvalue weighted by Crippen LogP contribution is -2.58. The number of carboxylic acid groups (broad SMARTS) is 1. The first-order valence-electron chi connectivity index (χ1n) is 11.4. The molecule has 1 aromatic heterocycles. The molecule has 0 amide bonds. The molecule has 0 radical (unpaired) electrons. The maximum Gasteiger partial charge on any atom is 0.358 e. The van der Waals surface area contributed by atoms with Gasteiger partial charge in [0.25, 0.3) is 0 Å². The number of carboxylic acids is 1. The molecule has 0 spiro atoms. The molecule has 4 rings (SSSR count). The van der Waals surface area contributed by atoms with Gasteiger partial charge < -0.3 is 15.7 Å². The second-order valence-electron chi connectivity index (χ2n) is 8.76. The van der Waals surface area contributed by atoms with E-state index in [1.165, 1.54) is 5.56 Å². The largest absolute Gasteiger partial charge is 0.476 e. The standard InChI is InChI=1S/C23H30Cl2N6O2/c1-2-17-14-30(22-20(25)27-19(23(32)33)21(26)28-22)11-12-31(17)18-7-9-29(10-8-18)13-15-3-5-16(24)6-4-15/h3-6,17-18H,2,7-14H2,1H3,(H2,26,28)(H,32,33)/t17-/m0/s1. The van der Waals surface area contributed by atoms with Crippen LogP contribution in [0.1, 0.15) is 42.2 Å². The number of carbonyl (C=O) groups is 1. The van der Waals surface area contributed by atoms with Crippen molar-refractivity contribution in [3.8, 4) is 0 Å². The Hall–Kier alpha value is -2.13. The predicted molar refractivity (Wildman–Crippen MR) is 131 cm³/mol. The Morgan fingerprint density at radius 2 is 1.82 bits per heavy atom. The van der Waals surface area contributed by atoms with Gasteiger partial charge in [-0.05, 0) is 50.0 Å². The molecule has 2 aliphatic rings. The van der Waals surface area contributed by atoms with Gasteiger partial charge in [0.05, 0.1) is 0 Å². The molecule has 10 heteroatoms. The van der Waals surface area contributed by atoms with E-state index in [9.17, 15) is 9.90 Å². The monoisotopic (exact) mass is 492 g/mol. The lowest BCUT2D eigenvalue weighted by molar-refractivity contribution is 0.0610. The number of piperidine rings is 1. The van der Waals surface area contributed by atoms with E-state index in [-0.39, 0.29) is 16.7 Å². The van der Waals surface area contributed by atoms with Crippen molar-refractivity contribution in [3.63, 3.8) is 0 Å². The van der Waals surface area contributed by atoms with Crippen LogP contribution < -0.4 is 10.6 Å². The summed E-state index contributed by atoms with van der Waals surface area (Å²) in [6, 6.07) is 9.03. The summed E-state index contributed by atoms with van der Waals surface area (Å²) >= 11 is 12.3. The Balaban J connectivity index is 1.36. The number of piperazine rings is 1. The van der Waals surface area contributed by atoms with E-state index in [0.717, 1.165) is 63.6 Å². The van der Waals surface area contributed by atoms with Crippen molar-refractivity contribution in [2.75, 3.05) is 43.4 Å². The highest BCUT2D eigenvalue weighted by atomic mass is 35.5. The summed E-state index contributed by atoms with van der Waals surface area (Å²) in [6.07, 6.45) is 3.30. The van der Waals surface area contributed by atoms with Gasteiger partial charge in [0, 0.05) is 43.3 Å². The lowest BCUT2D eigenvalue weighted by Gasteiger charge is -2.47. The Labute approximate surface area is 204 Å². The van der Waals surface area contributed by atoms with E-state index in [1.807, 2.05) is 12.1 Å². The van der Waals surface area contributed by atoms with Crippen LogP contribution in [0.25, 0.3) is 0 Å². The van der Waals surface area contributed by atoms with Gasteiger partial charge in [-0.25, -0.2) is 14.8 Å². The maximum atomic E-state index is 11.2. The third kappa shape index (κ3) is 5.51. The van der Waals surface area contributed by atoms with Gasteiger partial charge in [0.1, 0.15) is 0 Å². The predicted octanol–water partition coefficient (Wildman–Crippen LogP) is 3.63. The zero-order valence-corrected chi connectivity index (χ0v) is 20.3. The van der Waals surface area contributed by atoms with Crippen molar-refractivity contribution in [1.82, 2.24) is 19.8 Å². The molecule has 0 unspecified atom stereocenters. The SMILES string of the molecule is CC[C@H]1CN(c2nc(N)c(C(=O)O)nc2Cl)CCN1C1CCN(Cc2ccc(Cl)cc2)CC1. The molecule has 0 bridgehead atoms. The van der Waals surface area contributed by atoms with Gasteiger partial charge >= 0.3 is 5.97 Å². The molecule has 0 saturated carbocycles. The highest BCUT2D eigenvalue weighted by Gasteiger charge is 2.34. The Morgan fingerprint density at radius 1 is 1.12 bits per heavy atom. The van der Waals surface area contributed by atoms with Gasteiger partial charge in [-0.15, -0.1) is 0 Å². The smallest absolute Gasteiger partial charge is 0.358 e. The van der Waals surface area contributed by atoms with E-state index in [0.29, 0.717) is 17.9 Å². The Bertz CT molecular complexity index is 982. The normalized spacial score (nSPS) is 20.8. The quantitative estimate of drug-likeness (QED) is 0.630. The van der Waals surface area contributed by atoms with Crippen LogP contribution in [0.15, 0.2) is 24.3 Å². The number of nitrogen functional groups attached to an aromatic ring is 1. The van der Waals surface area contributed by atoms with Crippen molar-refractivity contribution < 1.29 is 9.90 Å². The first kappa shape index (κ1) is 24.0. The summed E-state index contributed by atoms with van der Waals surface area (Å²) in [5, 5.41) is 10.0. The number of nitrogens with two attached hydrogens (primary N) is 1. The summed E-state index contributed by atoms with van der Waals surface area (Å²) in [5.41, 5.74) is 6.81. The van der Waals surface area contributed by atoms with Crippen molar-refractivity contribution >= 4 is 40.8 Å². The fourth-order valence-electron chi connectivity index (χ4n) is 4.94. The van der Waals surface area contributed by atoms with Crippen LogP contribution in [0.4, 0.5) is 11.6 Å². The molecule has 2 aliphatic heterocycles. The molecule has 2 aromatic rings. The van der Waals surface area contributed by atoms with E-state index >= 15 is 0 Å². The molecule has 1 aromatic carbocycles.